The Bertz CT molecular complexity index is 580. The number of aromatic nitrogens is 1. The highest BCUT2D eigenvalue weighted by Crippen LogP contribution is 2.19. The molecule has 1 fully saturated rings. The summed E-state index contributed by atoms with van der Waals surface area (Å²) in [4.78, 5) is 19.0. The maximum atomic E-state index is 12.8. The van der Waals surface area contributed by atoms with Gasteiger partial charge in [0, 0.05) is 24.7 Å². The molecule has 116 valence electrons. The standard InChI is InChI=1S/C17H20N2O2S/c20-17(15-8-4-5-10-21-15)19(13-16-18-9-11-22-16)12-14-6-2-1-3-7-14/h1-3,6-7,9,11,15H,4-5,8,10,12-13H2/t15-/m0/s1. The molecule has 0 spiro atoms. The first-order valence-corrected chi connectivity index (χ1v) is 8.53. The summed E-state index contributed by atoms with van der Waals surface area (Å²) in [6, 6.07) is 10.1. The molecule has 2 aromatic rings. The molecule has 0 saturated carbocycles. The molecule has 0 radical (unpaired) electrons. The Kier molecular flexibility index (Phi) is 5.19. The van der Waals surface area contributed by atoms with E-state index in [1.165, 1.54) is 0 Å². The van der Waals surface area contributed by atoms with Crippen LogP contribution in [0.3, 0.4) is 0 Å². The number of hydrogen-bond acceptors (Lipinski definition) is 4. The van der Waals surface area contributed by atoms with Gasteiger partial charge < -0.3 is 9.64 Å². The van der Waals surface area contributed by atoms with Gasteiger partial charge in [-0.3, -0.25) is 4.79 Å². The van der Waals surface area contributed by atoms with Crippen LogP contribution in [0.5, 0.6) is 0 Å². The molecule has 1 aromatic heterocycles. The molecule has 1 saturated heterocycles. The molecule has 1 aliphatic heterocycles. The number of hydrogen-bond donors (Lipinski definition) is 0. The van der Waals surface area contributed by atoms with Crippen molar-refractivity contribution in [1.29, 1.82) is 0 Å². The van der Waals surface area contributed by atoms with Crippen LogP contribution in [0.2, 0.25) is 0 Å². The minimum Gasteiger partial charge on any atom is -0.368 e. The molecule has 4 nitrogen and oxygen atoms in total. The van der Waals surface area contributed by atoms with Gasteiger partial charge in [-0.25, -0.2) is 4.98 Å². The van der Waals surface area contributed by atoms with Crippen LogP contribution in [0.15, 0.2) is 41.9 Å². The molecule has 1 aromatic carbocycles. The van der Waals surface area contributed by atoms with Gasteiger partial charge in [0.15, 0.2) is 0 Å². The molecule has 1 aliphatic rings. The van der Waals surface area contributed by atoms with Crippen LogP contribution < -0.4 is 0 Å². The van der Waals surface area contributed by atoms with Gasteiger partial charge >= 0.3 is 0 Å². The lowest BCUT2D eigenvalue weighted by Crippen LogP contribution is -2.41. The van der Waals surface area contributed by atoms with Crippen molar-refractivity contribution >= 4 is 17.2 Å². The average Bonchev–Trinajstić information content (AvgIpc) is 3.08. The minimum atomic E-state index is -0.294. The smallest absolute Gasteiger partial charge is 0.252 e. The zero-order valence-electron chi connectivity index (χ0n) is 12.5. The lowest BCUT2D eigenvalue weighted by Gasteiger charge is -2.29. The molecular formula is C17H20N2O2S. The predicted molar refractivity (Wildman–Crippen MR) is 86.4 cm³/mol. The van der Waals surface area contributed by atoms with E-state index >= 15 is 0 Å². The monoisotopic (exact) mass is 316 g/mol. The molecule has 0 unspecified atom stereocenters. The molecular weight excluding hydrogens is 296 g/mol. The zero-order chi connectivity index (χ0) is 15.2. The number of rotatable bonds is 5. The van der Waals surface area contributed by atoms with Crippen LogP contribution in [-0.4, -0.2) is 28.5 Å². The van der Waals surface area contributed by atoms with Crippen LogP contribution in [0.1, 0.15) is 29.8 Å². The first-order chi connectivity index (χ1) is 10.8. The van der Waals surface area contributed by atoms with Crippen molar-refractivity contribution in [3.05, 3.63) is 52.5 Å². The molecule has 5 heteroatoms. The fourth-order valence-corrected chi connectivity index (χ4v) is 3.28. The number of ether oxygens (including phenoxy) is 1. The fourth-order valence-electron chi connectivity index (χ4n) is 2.65. The summed E-state index contributed by atoms with van der Waals surface area (Å²) >= 11 is 1.58. The van der Waals surface area contributed by atoms with Gasteiger partial charge in [0.25, 0.3) is 5.91 Å². The molecule has 1 atom stereocenters. The Morgan fingerprint density at radius 1 is 1.27 bits per heavy atom. The average molecular weight is 316 g/mol. The second kappa shape index (κ2) is 7.51. The number of benzene rings is 1. The number of carbonyl (C=O) groups excluding carboxylic acids is 1. The Labute approximate surface area is 134 Å². The van der Waals surface area contributed by atoms with Crippen LogP contribution in [0.25, 0.3) is 0 Å². The zero-order valence-corrected chi connectivity index (χ0v) is 13.3. The summed E-state index contributed by atoms with van der Waals surface area (Å²) in [5.41, 5.74) is 1.13. The van der Waals surface area contributed by atoms with Crippen molar-refractivity contribution in [2.24, 2.45) is 0 Å². The van der Waals surface area contributed by atoms with Gasteiger partial charge in [-0.15, -0.1) is 11.3 Å². The van der Waals surface area contributed by atoms with Crippen LogP contribution in [0.4, 0.5) is 0 Å². The highest BCUT2D eigenvalue weighted by Gasteiger charge is 2.27. The summed E-state index contributed by atoms with van der Waals surface area (Å²) in [7, 11) is 0. The van der Waals surface area contributed by atoms with Crippen molar-refractivity contribution < 1.29 is 9.53 Å². The van der Waals surface area contributed by atoms with Crippen molar-refractivity contribution in [1.82, 2.24) is 9.88 Å². The quantitative estimate of drug-likeness (QED) is 0.850. The Balaban J connectivity index is 1.74. The normalized spacial score (nSPS) is 18.1. The van der Waals surface area contributed by atoms with Gasteiger partial charge in [-0.2, -0.15) is 0 Å². The highest BCUT2D eigenvalue weighted by molar-refractivity contribution is 7.09. The van der Waals surface area contributed by atoms with E-state index in [4.69, 9.17) is 4.74 Å². The second-order valence-corrected chi connectivity index (χ2v) is 6.44. The van der Waals surface area contributed by atoms with Crippen molar-refractivity contribution in [2.45, 2.75) is 38.5 Å². The first-order valence-electron chi connectivity index (χ1n) is 7.65. The molecule has 0 bridgehead atoms. The number of carbonyl (C=O) groups is 1. The maximum Gasteiger partial charge on any atom is 0.252 e. The van der Waals surface area contributed by atoms with E-state index in [2.05, 4.69) is 4.98 Å². The van der Waals surface area contributed by atoms with Crippen molar-refractivity contribution in [3.63, 3.8) is 0 Å². The van der Waals surface area contributed by atoms with Crippen molar-refractivity contribution in [2.75, 3.05) is 6.61 Å². The number of thiazole rings is 1. The Morgan fingerprint density at radius 3 is 2.82 bits per heavy atom. The van der Waals surface area contributed by atoms with E-state index in [0.717, 1.165) is 29.8 Å². The van der Waals surface area contributed by atoms with Gasteiger partial charge in [0.2, 0.25) is 0 Å². The first kappa shape index (κ1) is 15.2. The third-order valence-corrected chi connectivity index (χ3v) is 4.56. The predicted octanol–water partition coefficient (Wildman–Crippen LogP) is 3.24. The summed E-state index contributed by atoms with van der Waals surface area (Å²) in [5.74, 6) is 0.0822. The highest BCUT2D eigenvalue weighted by atomic mass is 32.1. The Hall–Kier alpha value is -1.72. The lowest BCUT2D eigenvalue weighted by atomic mass is 10.1. The molecule has 22 heavy (non-hydrogen) atoms. The van der Waals surface area contributed by atoms with Gasteiger partial charge in [0.05, 0.1) is 6.54 Å². The van der Waals surface area contributed by atoms with Crippen molar-refractivity contribution in [3.8, 4) is 0 Å². The van der Waals surface area contributed by atoms with E-state index in [0.29, 0.717) is 19.7 Å². The summed E-state index contributed by atoms with van der Waals surface area (Å²) in [5, 5.41) is 2.90. The van der Waals surface area contributed by atoms with Gasteiger partial charge in [-0.1, -0.05) is 30.3 Å². The third kappa shape index (κ3) is 3.93. The summed E-state index contributed by atoms with van der Waals surface area (Å²) < 4.78 is 5.67. The summed E-state index contributed by atoms with van der Waals surface area (Å²) in [6.45, 7) is 1.83. The minimum absolute atomic E-state index is 0.0822. The molecule has 0 aliphatic carbocycles. The van der Waals surface area contributed by atoms with Crippen LogP contribution >= 0.6 is 11.3 Å². The van der Waals surface area contributed by atoms with Crippen LogP contribution in [0, 0.1) is 0 Å². The second-order valence-electron chi connectivity index (χ2n) is 5.46. The molecule has 0 N–H and O–H groups in total. The SMILES string of the molecule is O=C([C@@H]1CCCCO1)N(Cc1ccccc1)Cc1nccs1. The van der Waals surface area contributed by atoms with E-state index in [-0.39, 0.29) is 12.0 Å². The molecule has 3 rings (SSSR count). The maximum absolute atomic E-state index is 12.8. The van der Waals surface area contributed by atoms with Gasteiger partial charge in [0.1, 0.15) is 11.1 Å². The molecule has 1 amide bonds. The molecule has 2 heterocycles. The third-order valence-electron chi connectivity index (χ3n) is 3.79. The summed E-state index contributed by atoms with van der Waals surface area (Å²) in [6.07, 6.45) is 4.42. The lowest BCUT2D eigenvalue weighted by molar-refractivity contribution is -0.147. The van der Waals surface area contributed by atoms with Crippen LogP contribution in [-0.2, 0) is 22.6 Å². The van der Waals surface area contributed by atoms with E-state index in [1.807, 2.05) is 40.6 Å². The van der Waals surface area contributed by atoms with E-state index < -0.39 is 0 Å². The number of nitrogens with zero attached hydrogens (tertiary/aromatic N) is 2. The van der Waals surface area contributed by atoms with Gasteiger partial charge in [-0.05, 0) is 24.8 Å². The van der Waals surface area contributed by atoms with E-state index in [1.54, 1.807) is 17.5 Å². The number of amides is 1. The fraction of sp³-hybridized carbons (Fsp3) is 0.412. The van der Waals surface area contributed by atoms with E-state index in [9.17, 15) is 4.79 Å². The largest absolute Gasteiger partial charge is 0.368 e. The Morgan fingerprint density at radius 2 is 2.14 bits per heavy atom. The topological polar surface area (TPSA) is 42.4 Å².